The molecule has 4 nitrogen and oxygen atoms in total. The van der Waals surface area contributed by atoms with Gasteiger partial charge in [-0.3, -0.25) is 19.3 Å². The molecule has 0 radical (unpaired) electrons. The summed E-state index contributed by atoms with van der Waals surface area (Å²) in [6, 6.07) is 0. The van der Waals surface area contributed by atoms with Crippen molar-refractivity contribution < 1.29 is 14.4 Å². The molecular weight excluding hydrogens is 290 g/mol. The predicted molar refractivity (Wildman–Crippen MR) is 91.8 cm³/mol. The Balaban J connectivity index is 2.36. The third-order valence-electron chi connectivity index (χ3n) is 5.21. The standard InChI is InChI=1S/C19H33NO3/c1-7-19(5,6)15(21)11-9-8-10-12-20-16(22)13-14(17(20)23)18(2,3)4/h14H,7-13H2,1-6H3. The predicted octanol–water partition coefficient (Wildman–Crippen LogP) is 3.97. The van der Waals surface area contributed by atoms with Crippen LogP contribution >= 0.6 is 0 Å². The number of imide groups is 1. The molecule has 0 spiro atoms. The highest BCUT2D eigenvalue weighted by atomic mass is 16.2. The van der Waals surface area contributed by atoms with Gasteiger partial charge in [0.25, 0.3) is 0 Å². The number of hydrogen-bond donors (Lipinski definition) is 0. The highest BCUT2D eigenvalue weighted by Gasteiger charge is 2.44. The van der Waals surface area contributed by atoms with Crippen LogP contribution in [0.4, 0.5) is 0 Å². The Bertz CT molecular complexity index is 460. The van der Waals surface area contributed by atoms with E-state index in [4.69, 9.17) is 0 Å². The summed E-state index contributed by atoms with van der Waals surface area (Å²) in [4.78, 5) is 37.9. The third kappa shape index (κ3) is 5.15. The molecule has 1 aliphatic rings. The van der Waals surface area contributed by atoms with Crippen molar-refractivity contribution in [3.63, 3.8) is 0 Å². The zero-order valence-corrected chi connectivity index (χ0v) is 15.7. The van der Waals surface area contributed by atoms with Gasteiger partial charge in [-0.05, 0) is 24.7 Å². The molecule has 4 heteroatoms. The monoisotopic (exact) mass is 323 g/mol. The van der Waals surface area contributed by atoms with Gasteiger partial charge < -0.3 is 0 Å². The molecule has 2 amide bonds. The van der Waals surface area contributed by atoms with E-state index in [2.05, 4.69) is 0 Å². The quantitative estimate of drug-likeness (QED) is 0.501. The van der Waals surface area contributed by atoms with Crippen molar-refractivity contribution in [2.24, 2.45) is 16.7 Å². The molecule has 0 aromatic carbocycles. The average Bonchev–Trinajstić information content (AvgIpc) is 2.74. The van der Waals surface area contributed by atoms with Gasteiger partial charge in [-0.25, -0.2) is 0 Å². The minimum atomic E-state index is -0.235. The van der Waals surface area contributed by atoms with Gasteiger partial charge in [0.05, 0.1) is 5.92 Å². The lowest BCUT2D eigenvalue weighted by Crippen LogP contribution is -2.34. The number of rotatable bonds is 8. The summed E-state index contributed by atoms with van der Waals surface area (Å²) >= 11 is 0. The lowest BCUT2D eigenvalue weighted by molar-refractivity contribution is -0.140. The summed E-state index contributed by atoms with van der Waals surface area (Å²) < 4.78 is 0. The molecule has 1 fully saturated rings. The zero-order valence-electron chi connectivity index (χ0n) is 15.7. The molecule has 1 aliphatic heterocycles. The van der Waals surface area contributed by atoms with E-state index in [9.17, 15) is 14.4 Å². The summed E-state index contributed by atoms with van der Waals surface area (Å²) in [5.74, 6) is 0.0480. The minimum absolute atomic E-state index is 0.0225. The van der Waals surface area contributed by atoms with Crippen molar-refractivity contribution in [1.82, 2.24) is 4.90 Å². The van der Waals surface area contributed by atoms with E-state index >= 15 is 0 Å². The molecule has 0 saturated carbocycles. The zero-order chi connectivity index (χ0) is 17.8. The van der Waals surface area contributed by atoms with Crippen LogP contribution < -0.4 is 0 Å². The maximum Gasteiger partial charge on any atom is 0.233 e. The molecule has 1 rings (SSSR count). The number of unbranched alkanes of at least 4 members (excludes halogenated alkanes) is 2. The molecule has 1 saturated heterocycles. The first kappa shape index (κ1) is 19.9. The minimum Gasteiger partial charge on any atom is -0.299 e. The van der Waals surface area contributed by atoms with Gasteiger partial charge in [0.1, 0.15) is 5.78 Å². The van der Waals surface area contributed by atoms with Crippen LogP contribution in [0.2, 0.25) is 0 Å². The maximum atomic E-state index is 12.4. The number of likely N-dealkylation sites (tertiary alicyclic amines) is 1. The van der Waals surface area contributed by atoms with Crippen molar-refractivity contribution in [3.8, 4) is 0 Å². The lowest BCUT2D eigenvalue weighted by Gasteiger charge is -2.24. The normalized spacial score (nSPS) is 19.6. The second kappa shape index (κ2) is 7.59. The fraction of sp³-hybridized carbons (Fsp3) is 0.842. The van der Waals surface area contributed by atoms with Crippen LogP contribution in [0.1, 0.15) is 80.1 Å². The molecule has 1 atom stereocenters. The van der Waals surface area contributed by atoms with Gasteiger partial charge in [0.15, 0.2) is 0 Å². The first-order chi connectivity index (χ1) is 10.5. The van der Waals surface area contributed by atoms with Crippen LogP contribution in [0.3, 0.4) is 0 Å². The Morgan fingerprint density at radius 2 is 1.70 bits per heavy atom. The second-order valence-electron chi connectivity index (χ2n) is 8.48. The van der Waals surface area contributed by atoms with Gasteiger partial charge in [0, 0.05) is 24.8 Å². The van der Waals surface area contributed by atoms with Crippen molar-refractivity contribution in [1.29, 1.82) is 0 Å². The number of amides is 2. The molecule has 1 heterocycles. The van der Waals surface area contributed by atoms with Crippen LogP contribution in [0.5, 0.6) is 0 Å². The topological polar surface area (TPSA) is 54.5 Å². The summed E-state index contributed by atoms with van der Waals surface area (Å²) in [5.41, 5.74) is -0.402. The Hall–Kier alpha value is -1.19. The van der Waals surface area contributed by atoms with Crippen LogP contribution in [-0.4, -0.2) is 29.0 Å². The molecule has 0 aliphatic carbocycles. The van der Waals surface area contributed by atoms with Gasteiger partial charge >= 0.3 is 0 Å². The molecule has 0 N–H and O–H groups in total. The SMILES string of the molecule is CCC(C)(C)C(=O)CCCCCN1C(=O)CC(C(C)(C)C)C1=O. The van der Waals surface area contributed by atoms with E-state index < -0.39 is 0 Å². The van der Waals surface area contributed by atoms with Crippen LogP contribution in [0.25, 0.3) is 0 Å². The first-order valence-corrected chi connectivity index (χ1v) is 8.88. The number of ketones is 1. The Morgan fingerprint density at radius 1 is 1.09 bits per heavy atom. The van der Waals surface area contributed by atoms with Gasteiger partial charge in [-0.15, -0.1) is 0 Å². The fourth-order valence-corrected chi connectivity index (χ4v) is 2.86. The molecule has 0 bridgehead atoms. The first-order valence-electron chi connectivity index (χ1n) is 8.88. The number of Topliss-reactive ketones (excluding diaryl/α,β-unsaturated/α-hetero) is 1. The van der Waals surface area contributed by atoms with E-state index in [0.29, 0.717) is 25.2 Å². The third-order valence-corrected chi connectivity index (χ3v) is 5.21. The summed E-state index contributed by atoms with van der Waals surface area (Å²) in [6.07, 6.45) is 4.29. The van der Waals surface area contributed by atoms with Gasteiger partial charge in [-0.2, -0.15) is 0 Å². The van der Waals surface area contributed by atoms with Crippen LogP contribution in [-0.2, 0) is 14.4 Å². The summed E-state index contributed by atoms with van der Waals surface area (Å²) in [6.45, 7) is 12.5. The van der Waals surface area contributed by atoms with Gasteiger partial charge in [-0.1, -0.05) is 48.0 Å². The van der Waals surface area contributed by atoms with E-state index in [0.717, 1.165) is 25.7 Å². The number of nitrogens with zero attached hydrogens (tertiary/aromatic N) is 1. The Labute approximate surface area is 141 Å². The van der Waals surface area contributed by atoms with E-state index in [1.165, 1.54) is 4.90 Å². The van der Waals surface area contributed by atoms with E-state index in [1.807, 2.05) is 41.5 Å². The van der Waals surface area contributed by atoms with Gasteiger partial charge in [0.2, 0.25) is 11.8 Å². The smallest absolute Gasteiger partial charge is 0.233 e. The maximum absolute atomic E-state index is 12.4. The number of carbonyl (C=O) groups is 3. The Kier molecular flexibility index (Phi) is 6.55. The number of hydrogen-bond acceptors (Lipinski definition) is 3. The molecule has 0 aromatic heterocycles. The van der Waals surface area contributed by atoms with Crippen molar-refractivity contribution in [2.45, 2.75) is 80.1 Å². The molecule has 0 aromatic rings. The molecular formula is C19H33NO3. The summed E-state index contributed by atoms with van der Waals surface area (Å²) in [5, 5.41) is 0. The molecule has 132 valence electrons. The van der Waals surface area contributed by atoms with Crippen LogP contribution in [0.15, 0.2) is 0 Å². The number of carbonyl (C=O) groups excluding carboxylic acids is 3. The van der Waals surface area contributed by atoms with Crippen LogP contribution in [0, 0.1) is 16.7 Å². The highest BCUT2D eigenvalue weighted by molar-refractivity contribution is 6.03. The molecule has 1 unspecified atom stereocenters. The van der Waals surface area contributed by atoms with Crippen molar-refractivity contribution in [2.75, 3.05) is 6.54 Å². The fourth-order valence-electron chi connectivity index (χ4n) is 2.86. The summed E-state index contributed by atoms with van der Waals surface area (Å²) in [7, 11) is 0. The second-order valence-corrected chi connectivity index (χ2v) is 8.48. The lowest BCUT2D eigenvalue weighted by atomic mass is 9.80. The molecule has 23 heavy (non-hydrogen) atoms. The highest BCUT2D eigenvalue weighted by Crippen LogP contribution is 2.35. The van der Waals surface area contributed by atoms with Crippen molar-refractivity contribution in [3.05, 3.63) is 0 Å². The Morgan fingerprint density at radius 3 is 2.17 bits per heavy atom. The largest absolute Gasteiger partial charge is 0.299 e. The van der Waals surface area contributed by atoms with E-state index in [-0.39, 0.29) is 28.6 Å². The van der Waals surface area contributed by atoms with E-state index in [1.54, 1.807) is 0 Å². The average molecular weight is 323 g/mol. The van der Waals surface area contributed by atoms with Crippen molar-refractivity contribution >= 4 is 17.6 Å².